The molecule has 2 heterocycles. The van der Waals surface area contributed by atoms with Crippen molar-refractivity contribution in [3.05, 3.63) is 64.1 Å². The molecule has 5 rings (SSSR count). The number of carbonyl (C=O) groups is 2. The summed E-state index contributed by atoms with van der Waals surface area (Å²) in [5, 5.41) is 0. The monoisotopic (exact) mass is 482 g/mol. The molecule has 1 aliphatic carbocycles. The maximum absolute atomic E-state index is 12.7. The lowest BCUT2D eigenvalue weighted by Gasteiger charge is -2.27. The normalized spacial score (nSPS) is 23.1. The van der Waals surface area contributed by atoms with Crippen molar-refractivity contribution < 1.29 is 14.3 Å². The maximum atomic E-state index is 12.7. The molecule has 0 N–H and O–H groups in total. The lowest BCUT2D eigenvalue weighted by atomic mass is 9.96. The van der Waals surface area contributed by atoms with Crippen LogP contribution in [0.5, 0.6) is 0 Å². The SMILES string of the molecule is O=COCN1C(=O)/C(=C\c2ccc3c(c2)C2CCCC2N3c2ccc(CS)cc2)SC1=S. The highest BCUT2D eigenvalue weighted by molar-refractivity contribution is 8.26. The molecule has 2 fully saturated rings. The lowest BCUT2D eigenvalue weighted by Crippen LogP contribution is -2.30. The number of fused-ring (bicyclic) bond motifs is 3. The van der Waals surface area contributed by atoms with Gasteiger partial charge in [0.25, 0.3) is 12.4 Å². The summed E-state index contributed by atoms with van der Waals surface area (Å²) in [6.07, 6.45) is 5.46. The number of carbonyl (C=O) groups excluding carboxylic acids is 2. The zero-order valence-electron chi connectivity index (χ0n) is 17.3. The van der Waals surface area contributed by atoms with Gasteiger partial charge in [0.2, 0.25) is 0 Å². The minimum atomic E-state index is -0.230. The Morgan fingerprint density at radius 3 is 2.75 bits per heavy atom. The molecule has 1 amide bonds. The van der Waals surface area contributed by atoms with E-state index in [9.17, 15) is 9.59 Å². The van der Waals surface area contributed by atoms with Crippen molar-refractivity contribution in [3.8, 4) is 0 Å². The molecule has 8 heteroatoms. The first kappa shape index (κ1) is 21.6. The number of benzene rings is 2. The number of ether oxygens (including phenoxy) is 1. The van der Waals surface area contributed by atoms with E-state index in [0.717, 1.165) is 11.3 Å². The van der Waals surface area contributed by atoms with Crippen molar-refractivity contribution in [2.24, 2.45) is 0 Å². The summed E-state index contributed by atoms with van der Waals surface area (Å²) >= 11 is 10.9. The summed E-state index contributed by atoms with van der Waals surface area (Å²) in [6, 6.07) is 15.6. The fourth-order valence-electron chi connectivity index (χ4n) is 4.93. The average molecular weight is 483 g/mol. The number of nitrogens with zero attached hydrogens (tertiary/aromatic N) is 2. The van der Waals surface area contributed by atoms with Crippen LogP contribution in [0.1, 0.15) is 41.9 Å². The Balaban J connectivity index is 1.46. The fourth-order valence-corrected chi connectivity index (χ4v) is 6.37. The molecular formula is C24H22N2O3S3. The number of hydrogen-bond donors (Lipinski definition) is 1. The predicted octanol–water partition coefficient (Wildman–Crippen LogP) is 5.24. The topological polar surface area (TPSA) is 49.9 Å². The Bertz CT molecular complexity index is 1120. The van der Waals surface area contributed by atoms with Crippen LogP contribution in [-0.2, 0) is 20.1 Å². The fraction of sp³-hybridized carbons (Fsp3) is 0.292. The van der Waals surface area contributed by atoms with Crippen LogP contribution < -0.4 is 4.90 Å². The summed E-state index contributed by atoms with van der Waals surface area (Å²) in [7, 11) is 0. The van der Waals surface area contributed by atoms with Crippen LogP contribution in [0.15, 0.2) is 47.4 Å². The molecule has 2 aliphatic heterocycles. The van der Waals surface area contributed by atoms with Gasteiger partial charge < -0.3 is 9.64 Å². The van der Waals surface area contributed by atoms with Gasteiger partial charge in [0.1, 0.15) is 0 Å². The third kappa shape index (κ3) is 3.74. The first-order valence-electron chi connectivity index (χ1n) is 10.5. The minimum absolute atomic E-state index is 0.152. The van der Waals surface area contributed by atoms with E-state index >= 15 is 0 Å². The van der Waals surface area contributed by atoms with E-state index in [1.54, 1.807) is 0 Å². The first-order chi connectivity index (χ1) is 15.6. The van der Waals surface area contributed by atoms with Crippen molar-refractivity contribution in [2.45, 2.75) is 37.0 Å². The van der Waals surface area contributed by atoms with Gasteiger partial charge in [-0.25, -0.2) is 0 Å². The average Bonchev–Trinajstić information content (AvgIpc) is 3.46. The third-order valence-corrected chi connectivity index (χ3v) is 8.10. The molecule has 2 unspecified atom stereocenters. The van der Waals surface area contributed by atoms with Crippen LogP contribution in [0.2, 0.25) is 0 Å². The van der Waals surface area contributed by atoms with Gasteiger partial charge in [0.15, 0.2) is 11.1 Å². The second kappa shape index (κ2) is 8.92. The van der Waals surface area contributed by atoms with Gasteiger partial charge in [-0.2, -0.15) is 12.6 Å². The molecule has 5 nitrogen and oxygen atoms in total. The van der Waals surface area contributed by atoms with Crippen LogP contribution in [0, 0.1) is 0 Å². The smallest absolute Gasteiger partial charge is 0.294 e. The molecular weight excluding hydrogens is 460 g/mol. The molecule has 3 aliphatic rings. The van der Waals surface area contributed by atoms with Gasteiger partial charge in [-0.3, -0.25) is 14.5 Å². The number of anilines is 2. The van der Waals surface area contributed by atoms with Crippen molar-refractivity contribution in [1.82, 2.24) is 4.90 Å². The van der Waals surface area contributed by atoms with E-state index in [1.165, 1.54) is 58.4 Å². The van der Waals surface area contributed by atoms with E-state index < -0.39 is 0 Å². The highest BCUT2D eigenvalue weighted by atomic mass is 32.2. The molecule has 1 saturated carbocycles. The van der Waals surface area contributed by atoms with Gasteiger partial charge in [-0.1, -0.05) is 48.6 Å². The summed E-state index contributed by atoms with van der Waals surface area (Å²) in [5.74, 6) is 1.00. The Morgan fingerprint density at radius 2 is 2.00 bits per heavy atom. The molecule has 32 heavy (non-hydrogen) atoms. The summed E-state index contributed by atoms with van der Waals surface area (Å²) in [6.45, 7) is 0.166. The van der Waals surface area contributed by atoms with E-state index in [1.807, 2.05) is 6.08 Å². The zero-order valence-corrected chi connectivity index (χ0v) is 19.8. The summed E-state index contributed by atoms with van der Waals surface area (Å²) in [4.78, 5) is 27.5. The molecule has 2 atom stereocenters. The molecule has 0 bridgehead atoms. The van der Waals surface area contributed by atoms with Crippen LogP contribution in [0.4, 0.5) is 11.4 Å². The second-order valence-electron chi connectivity index (χ2n) is 8.12. The number of thiol groups is 1. The van der Waals surface area contributed by atoms with E-state index in [-0.39, 0.29) is 12.6 Å². The number of thioether (sulfide) groups is 1. The highest BCUT2D eigenvalue weighted by Crippen LogP contribution is 2.52. The van der Waals surface area contributed by atoms with Crippen LogP contribution in [-0.4, -0.2) is 34.4 Å². The van der Waals surface area contributed by atoms with Gasteiger partial charge in [0, 0.05) is 29.1 Å². The predicted molar refractivity (Wildman–Crippen MR) is 135 cm³/mol. The largest absolute Gasteiger partial charge is 0.446 e. The molecule has 1 saturated heterocycles. The molecule has 2 aromatic carbocycles. The Kier molecular flexibility index (Phi) is 6.01. The second-order valence-corrected chi connectivity index (χ2v) is 10.1. The standard InChI is InChI=1S/C24H22N2O3S3/c27-14-29-13-25-23(28)22(32-24(25)31)11-16-6-9-21-19(10-16)18-2-1-3-20(18)26(21)17-7-4-15(12-30)5-8-17/h4-11,14,18,20,30H,1-3,12-13H2/b22-11+. The molecule has 164 valence electrons. The van der Waals surface area contributed by atoms with Crippen molar-refractivity contribution in [1.29, 1.82) is 0 Å². The molecule has 2 aromatic rings. The van der Waals surface area contributed by atoms with E-state index in [4.69, 9.17) is 17.0 Å². The van der Waals surface area contributed by atoms with Crippen LogP contribution in [0.3, 0.4) is 0 Å². The lowest BCUT2D eigenvalue weighted by molar-refractivity contribution is -0.135. The first-order valence-corrected chi connectivity index (χ1v) is 12.4. The van der Waals surface area contributed by atoms with Gasteiger partial charge in [-0.05, 0) is 59.9 Å². The minimum Gasteiger partial charge on any atom is -0.446 e. The summed E-state index contributed by atoms with van der Waals surface area (Å²) < 4.78 is 5.12. The third-order valence-electron chi connectivity index (χ3n) is 6.36. The van der Waals surface area contributed by atoms with Crippen LogP contribution >= 0.6 is 36.6 Å². The maximum Gasteiger partial charge on any atom is 0.294 e. The van der Waals surface area contributed by atoms with E-state index in [2.05, 4.69) is 60.0 Å². The Morgan fingerprint density at radius 1 is 1.19 bits per heavy atom. The number of amides is 1. The summed E-state index contributed by atoms with van der Waals surface area (Å²) in [5.41, 5.74) is 6.01. The molecule has 0 radical (unpaired) electrons. The zero-order chi connectivity index (χ0) is 22.2. The number of hydrogen-bond acceptors (Lipinski definition) is 7. The van der Waals surface area contributed by atoms with Gasteiger partial charge in [0.05, 0.1) is 4.91 Å². The van der Waals surface area contributed by atoms with E-state index in [0.29, 0.717) is 27.7 Å². The van der Waals surface area contributed by atoms with Gasteiger partial charge in [-0.15, -0.1) is 0 Å². The van der Waals surface area contributed by atoms with Crippen molar-refractivity contribution in [2.75, 3.05) is 11.6 Å². The molecule has 0 aromatic heterocycles. The Labute approximate surface area is 202 Å². The number of thiocarbonyl (C=S) groups is 1. The molecule has 0 spiro atoms. The number of rotatable bonds is 6. The van der Waals surface area contributed by atoms with Crippen LogP contribution in [0.25, 0.3) is 6.08 Å². The highest BCUT2D eigenvalue weighted by Gasteiger charge is 2.42. The van der Waals surface area contributed by atoms with Gasteiger partial charge >= 0.3 is 0 Å². The van der Waals surface area contributed by atoms with Crippen molar-refractivity contribution >= 4 is 70.8 Å². The quantitative estimate of drug-likeness (QED) is 0.263. The van der Waals surface area contributed by atoms with Crippen molar-refractivity contribution in [3.63, 3.8) is 0 Å². The Hall–Kier alpha value is -2.29.